The van der Waals surface area contributed by atoms with Gasteiger partial charge in [-0.05, 0) is 37.6 Å². The van der Waals surface area contributed by atoms with Gasteiger partial charge in [0.05, 0.1) is 35.8 Å². The van der Waals surface area contributed by atoms with E-state index in [1.165, 1.54) is 35.3 Å². The number of pyridine rings is 1. The first-order valence-corrected chi connectivity index (χ1v) is 10.3. The van der Waals surface area contributed by atoms with Crippen molar-refractivity contribution in [2.75, 3.05) is 16.4 Å². The maximum absolute atomic E-state index is 12.8. The molecule has 3 aromatic rings. The Kier molecular flexibility index (Phi) is 7.08. The first-order valence-electron chi connectivity index (χ1n) is 10.3. The van der Waals surface area contributed by atoms with Crippen LogP contribution in [0.3, 0.4) is 0 Å². The van der Waals surface area contributed by atoms with Gasteiger partial charge in [0.1, 0.15) is 11.4 Å². The first kappa shape index (κ1) is 25.2. The highest BCUT2D eigenvalue weighted by Crippen LogP contribution is 2.29. The van der Waals surface area contributed by atoms with Crippen LogP contribution in [0, 0.1) is 0 Å². The van der Waals surface area contributed by atoms with E-state index in [2.05, 4.69) is 20.7 Å². The van der Waals surface area contributed by atoms with Gasteiger partial charge >= 0.3 is 6.18 Å². The van der Waals surface area contributed by atoms with Crippen molar-refractivity contribution in [3.8, 4) is 0 Å². The molecule has 10 nitrogen and oxygen atoms in total. The van der Waals surface area contributed by atoms with Gasteiger partial charge in [-0.2, -0.15) is 18.3 Å². The molecule has 13 heteroatoms. The predicted molar refractivity (Wildman–Crippen MR) is 122 cm³/mol. The van der Waals surface area contributed by atoms with E-state index in [0.29, 0.717) is 5.56 Å². The molecule has 0 aliphatic carbocycles. The molecule has 3 amide bonds. The van der Waals surface area contributed by atoms with Gasteiger partial charge in [-0.25, -0.2) is 4.68 Å². The van der Waals surface area contributed by atoms with Gasteiger partial charge < -0.3 is 22.1 Å². The normalized spacial score (nSPS) is 11.4. The summed E-state index contributed by atoms with van der Waals surface area (Å²) in [5.74, 6) is -2.23. The first-order chi connectivity index (χ1) is 16.4. The average molecular weight is 489 g/mol. The zero-order valence-corrected chi connectivity index (χ0v) is 18.7. The highest BCUT2D eigenvalue weighted by atomic mass is 19.4. The summed E-state index contributed by atoms with van der Waals surface area (Å²) >= 11 is 0. The number of hydrogen-bond acceptors (Lipinski definition) is 6. The van der Waals surface area contributed by atoms with E-state index in [1.807, 2.05) is 0 Å². The number of aromatic nitrogens is 3. The third-order valence-electron chi connectivity index (χ3n) is 4.82. The van der Waals surface area contributed by atoms with Gasteiger partial charge in [0.2, 0.25) is 5.91 Å². The minimum absolute atomic E-state index is 0.0416. The fourth-order valence-corrected chi connectivity index (χ4v) is 3.21. The van der Waals surface area contributed by atoms with Crippen molar-refractivity contribution in [1.82, 2.24) is 14.8 Å². The number of carbonyl (C=O) groups is 3. The zero-order chi connectivity index (χ0) is 25.9. The number of nitrogen functional groups attached to an aromatic ring is 1. The second-order valence-corrected chi connectivity index (χ2v) is 7.85. The molecule has 0 spiro atoms. The highest BCUT2D eigenvalue weighted by molar-refractivity contribution is 6.12. The fourth-order valence-electron chi connectivity index (χ4n) is 3.21. The second kappa shape index (κ2) is 9.83. The third kappa shape index (κ3) is 5.93. The maximum Gasteiger partial charge on any atom is 0.416 e. The largest absolute Gasteiger partial charge is 0.416 e. The Morgan fingerprint density at radius 3 is 2.20 bits per heavy atom. The number of primary amides is 1. The van der Waals surface area contributed by atoms with E-state index >= 15 is 0 Å². The standard InChI is InChI=1S/C22H22F3N7O3/c1-11(2)32-19(26)17(20(27)34)18(31-32)21(35)30-15-8-14(9-28-10-15)29-16(33)7-12-3-5-13(6-4-12)22(23,24)25/h3-6,8-11H,7,26H2,1-2H3,(H2,27,34)(H,29,33)(H,30,35). The zero-order valence-electron chi connectivity index (χ0n) is 18.7. The molecule has 0 fully saturated rings. The quantitative estimate of drug-likeness (QED) is 0.399. The van der Waals surface area contributed by atoms with E-state index in [4.69, 9.17) is 11.5 Å². The number of carbonyl (C=O) groups excluding carboxylic acids is 3. The molecule has 35 heavy (non-hydrogen) atoms. The van der Waals surface area contributed by atoms with Crippen molar-refractivity contribution in [1.29, 1.82) is 0 Å². The lowest BCUT2D eigenvalue weighted by Gasteiger charge is -2.09. The molecule has 1 aromatic carbocycles. The van der Waals surface area contributed by atoms with E-state index in [1.54, 1.807) is 13.8 Å². The van der Waals surface area contributed by atoms with E-state index in [0.717, 1.165) is 12.1 Å². The summed E-state index contributed by atoms with van der Waals surface area (Å²) in [6.45, 7) is 3.52. The SMILES string of the molecule is CC(C)n1nc(C(=O)Nc2cncc(NC(=O)Cc3ccc(C(F)(F)F)cc3)c2)c(C(N)=O)c1N. The summed E-state index contributed by atoms with van der Waals surface area (Å²) in [7, 11) is 0. The number of benzene rings is 1. The molecule has 0 atom stereocenters. The van der Waals surface area contributed by atoms with Crippen molar-refractivity contribution < 1.29 is 27.6 Å². The molecule has 2 aromatic heterocycles. The van der Waals surface area contributed by atoms with Crippen molar-refractivity contribution >= 4 is 34.9 Å². The molecule has 184 valence electrons. The van der Waals surface area contributed by atoms with Gasteiger partial charge in [0, 0.05) is 6.04 Å². The summed E-state index contributed by atoms with van der Waals surface area (Å²) in [5, 5.41) is 9.16. The Bertz CT molecular complexity index is 1270. The van der Waals surface area contributed by atoms with Gasteiger partial charge in [-0.3, -0.25) is 19.4 Å². The molecule has 0 radical (unpaired) electrons. The molecule has 0 unspecified atom stereocenters. The molecular weight excluding hydrogens is 467 g/mol. The summed E-state index contributed by atoms with van der Waals surface area (Å²) in [4.78, 5) is 40.8. The van der Waals surface area contributed by atoms with Crippen LogP contribution >= 0.6 is 0 Å². The molecule has 0 saturated carbocycles. The highest BCUT2D eigenvalue weighted by Gasteiger charge is 2.30. The van der Waals surface area contributed by atoms with Crippen molar-refractivity contribution in [2.45, 2.75) is 32.5 Å². The van der Waals surface area contributed by atoms with Crippen LogP contribution in [0.1, 0.15) is 51.9 Å². The Labute approximate surface area is 197 Å². The van der Waals surface area contributed by atoms with Crippen molar-refractivity contribution in [3.05, 3.63) is 65.1 Å². The molecule has 0 bridgehead atoms. The summed E-state index contributed by atoms with van der Waals surface area (Å²) in [5.41, 5.74) is 10.8. The number of anilines is 3. The lowest BCUT2D eigenvalue weighted by Crippen LogP contribution is -2.21. The van der Waals surface area contributed by atoms with Crippen LogP contribution < -0.4 is 22.1 Å². The smallest absolute Gasteiger partial charge is 0.383 e. The number of amides is 3. The number of nitrogens with two attached hydrogens (primary N) is 2. The molecule has 6 N–H and O–H groups in total. The van der Waals surface area contributed by atoms with Crippen molar-refractivity contribution in [3.63, 3.8) is 0 Å². The Morgan fingerprint density at radius 2 is 1.66 bits per heavy atom. The molecule has 2 heterocycles. The topological polar surface area (TPSA) is 158 Å². The minimum atomic E-state index is -4.46. The van der Waals surface area contributed by atoms with Crippen LogP contribution in [0.25, 0.3) is 0 Å². The van der Waals surface area contributed by atoms with Crippen LogP contribution in [-0.4, -0.2) is 32.5 Å². The number of nitrogens with zero attached hydrogens (tertiary/aromatic N) is 3. The molecular formula is C22H22F3N7O3. The van der Waals surface area contributed by atoms with Crippen LogP contribution in [0.4, 0.5) is 30.4 Å². The third-order valence-corrected chi connectivity index (χ3v) is 4.82. The van der Waals surface area contributed by atoms with Gasteiger partial charge in [0.25, 0.3) is 11.8 Å². The monoisotopic (exact) mass is 489 g/mol. The van der Waals surface area contributed by atoms with Crippen LogP contribution in [0.5, 0.6) is 0 Å². The lowest BCUT2D eigenvalue weighted by molar-refractivity contribution is -0.137. The molecule has 0 aliphatic heterocycles. The summed E-state index contributed by atoms with van der Waals surface area (Å²) in [6, 6.07) is 5.40. The van der Waals surface area contributed by atoms with E-state index in [-0.39, 0.29) is 40.9 Å². The van der Waals surface area contributed by atoms with Gasteiger partial charge in [-0.1, -0.05) is 12.1 Å². The van der Waals surface area contributed by atoms with E-state index in [9.17, 15) is 27.6 Å². The molecule has 3 rings (SSSR count). The second-order valence-electron chi connectivity index (χ2n) is 7.85. The van der Waals surface area contributed by atoms with Crippen LogP contribution in [0.2, 0.25) is 0 Å². The van der Waals surface area contributed by atoms with Crippen LogP contribution in [-0.2, 0) is 17.4 Å². The Hall–Kier alpha value is -4.42. The van der Waals surface area contributed by atoms with Gasteiger partial charge in [0.15, 0.2) is 5.69 Å². The lowest BCUT2D eigenvalue weighted by atomic mass is 10.1. The molecule has 0 saturated heterocycles. The summed E-state index contributed by atoms with van der Waals surface area (Å²) in [6.07, 6.45) is -2.02. The number of hydrogen-bond donors (Lipinski definition) is 4. The number of alkyl halides is 3. The van der Waals surface area contributed by atoms with Crippen LogP contribution in [0.15, 0.2) is 42.7 Å². The maximum atomic E-state index is 12.8. The Balaban J connectivity index is 1.71. The number of rotatable bonds is 7. The predicted octanol–water partition coefficient (Wildman–Crippen LogP) is 2.99. The number of nitrogens with one attached hydrogen (secondary N) is 2. The number of halogens is 3. The summed E-state index contributed by atoms with van der Waals surface area (Å²) < 4.78 is 39.3. The average Bonchev–Trinajstić information content (AvgIpc) is 3.11. The van der Waals surface area contributed by atoms with E-state index < -0.39 is 29.5 Å². The van der Waals surface area contributed by atoms with Crippen molar-refractivity contribution in [2.24, 2.45) is 5.73 Å². The van der Waals surface area contributed by atoms with Gasteiger partial charge in [-0.15, -0.1) is 0 Å². The minimum Gasteiger partial charge on any atom is -0.383 e. The Morgan fingerprint density at radius 1 is 1.06 bits per heavy atom. The molecule has 0 aliphatic rings. The fraction of sp³-hybridized carbons (Fsp3) is 0.227.